The molecular formula is C24H27N5O5S. The number of ether oxygens (including phenoxy) is 1. The molecule has 1 aromatic heterocycles. The first-order valence-corrected chi connectivity index (χ1v) is 12.0. The maximum atomic E-state index is 12.9. The second-order valence-electron chi connectivity index (χ2n) is 7.80. The van der Waals surface area contributed by atoms with Crippen LogP contribution in [0, 0.1) is 0 Å². The number of hydrogen-bond acceptors (Lipinski definition) is 7. The molecule has 0 unspecified atom stereocenters. The van der Waals surface area contributed by atoms with Crippen molar-refractivity contribution in [3.8, 4) is 5.75 Å². The molecular weight excluding hydrogens is 470 g/mol. The first-order valence-electron chi connectivity index (χ1n) is 10.6. The fourth-order valence-electron chi connectivity index (χ4n) is 3.02. The summed E-state index contributed by atoms with van der Waals surface area (Å²) in [7, 11) is 1.42. The summed E-state index contributed by atoms with van der Waals surface area (Å²) in [5.41, 5.74) is 1.83. The maximum absolute atomic E-state index is 12.9. The van der Waals surface area contributed by atoms with Crippen LogP contribution in [0.15, 0.2) is 71.8 Å². The molecule has 0 saturated carbocycles. The Hall–Kier alpha value is -4.12. The quantitative estimate of drug-likeness (QED) is 0.466. The minimum Gasteiger partial charge on any atom is -0.484 e. The van der Waals surface area contributed by atoms with Gasteiger partial charge in [-0.3, -0.25) is 13.9 Å². The number of carbonyl (C=O) groups excluding carboxylic acids is 2. The summed E-state index contributed by atoms with van der Waals surface area (Å²) >= 11 is 0. The lowest BCUT2D eigenvalue weighted by atomic mass is 10.3. The molecule has 10 nitrogen and oxygen atoms in total. The predicted octanol–water partition coefficient (Wildman–Crippen LogP) is 2.95. The molecule has 0 fully saturated rings. The van der Waals surface area contributed by atoms with Crippen LogP contribution in [-0.4, -0.2) is 53.0 Å². The highest BCUT2D eigenvalue weighted by molar-refractivity contribution is 7.92. The van der Waals surface area contributed by atoms with Gasteiger partial charge in [0.05, 0.1) is 22.5 Å². The van der Waals surface area contributed by atoms with Crippen molar-refractivity contribution >= 4 is 44.7 Å². The van der Waals surface area contributed by atoms with Crippen LogP contribution in [0.1, 0.15) is 6.92 Å². The van der Waals surface area contributed by atoms with Gasteiger partial charge in [-0.15, -0.1) is 0 Å². The Kier molecular flexibility index (Phi) is 7.92. The van der Waals surface area contributed by atoms with E-state index in [1.807, 2.05) is 25.1 Å². The van der Waals surface area contributed by atoms with Crippen LogP contribution in [-0.2, 0) is 19.6 Å². The van der Waals surface area contributed by atoms with Crippen LogP contribution in [0.5, 0.6) is 5.75 Å². The van der Waals surface area contributed by atoms with Crippen molar-refractivity contribution < 1.29 is 22.7 Å². The van der Waals surface area contributed by atoms with Crippen LogP contribution in [0.2, 0.25) is 0 Å². The molecule has 2 amide bonds. The summed E-state index contributed by atoms with van der Waals surface area (Å²) in [5, 5.41) is 5.25. The Morgan fingerprint density at radius 3 is 2.06 bits per heavy atom. The van der Waals surface area contributed by atoms with Gasteiger partial charge in [0, 0.05) is 33.8 Å². The summed E-state index contributed by atoms with van der Waals surface area (Å²) in [6.45, 7) is 1.14. The van der Waals surface area contributed by atoms with E-state index >= 15 is 0 Å². The predicted molar refractivity (Wildman–Crippen MR) is 135 cm³/mol. The molecule has 3 rings (SSSR count). The smallest absolute Gasteiger partial charge is 0.264 e. The Morgan fingerprint density at radius 2 is 1.51 bits per heavy atom. The second kappa shape index (κ2) is 10.9. The zero-order valence-electron chi connectivity index (χ0n) is 19.8. The Bertz CT molecular complexity index is 1280. The molecule has 0 aliphatic carbocycles. The third-order valence-electron chi connectivity index (χ3n) is 4.94. The van der Waals surface area contributed by atoms with Crippen LogP contribution in [0.25, 0.3) is 0 Å². The maximum Gasteiger partial charge on any atom is 0.264 e. The van der Waals surface area contributed by atoms with Gasteiger partial charge in [-0.2, -0.15) is 0 Å². The van der Waals surface area contributed by atoms with Gasteiger partial charge < -0.3 is 20.3 Å². The van der Waals surface area contributed by atoms with Gasteiger partial charge in [0.15, 0.2) is 6.61 Å². The molecule has 0 atom stereocenters. The number of nitrogens with zero attached hydrogens (tertiary/aromatic N) is 3. The fourth-order valence-corrected chi connectivity index (χ4v) is 4.21. The highest BCUT2D eigenvalue weighted by atomic mass is 32.2. The van der Waals surface area contributed by atoms with Gasteiger partial charge in [0.1, 0.15) is 11.6 Å². The molecule has 0 saturated heterocycles. The van der Waals surface area contributed by atoms with E-state index in [2.05, 4.69) is 15.6 Å². The van der Waals surface area contributed by atoms with Crippen molar-refractivity contribution in [2.24, 2.45) is 0 Å². The number of rotatable bonds is 9. The molecule has 2 aromatic carbocycles. The Balaban J connectivity index is 1.58. The van der Waals surface area contributed by atoms with Gasteiger partial charge in [-0.1, -0.05) is 0 Å². The third-order valence-corrected chi connectivity index (χ3v) is 6.73. The van der Waals surface area contributed by atoms with Crippen molar-refractivity contribution in [1.29, 1.82) is 0 Å². The number of anilines is 4. The molecule has 0 aliphatic rings. The normalized spacial score (nSPS) is 10.9. The monoisotopic (exact) mass is 497 g/mol. The van der Waals surface area contributed by atoms with Crippen LogP contribution in [0.3, 0.4) is 0 Å². The topological polar surface area (TPSA) is 121 Å². The van der Waals surface area contributed by atoms with Gasteiger partial charge in [0.25, 0.3) is 15.9 Å². The van der Waals surface area contributed by atoms with Gasteiger partial charge in [0.2, 0.25) is 5.91 Å². The number of hydrogen-bond donors (Lipinski definition) is 2. The van der Waals surface area contributed by atoms with Crippen LogP contribution < -0.4 is 24.6 Å². The number of carbonyl (C=O) groups is 2. The van der Waals surface area contributed by atoms with E-state index in [1.165, 1.54) is 38.2 Å². The van der Waals surface area contributed by atoms with E-state index in [4.69, 9.17) is 4.74 Å². The Morgan fingerprint density at radius 1 is 0.886 bits per heavy atom. The molecule has 0 spiro atoms. The highest BCUT2D eigenvalue weighted by Crippen LogP contribution is 2.25. The van der Waals surface area contributed by atoms with Crippen molar-refractivity contribution in [2.75, 3.05) is 47.6 Å². The summed E-state index contributed by atoms with van der Waals surface area (Å²) in [6, 6.07) is 15.8. The lowest BCUT2D eigenvalue weighted by molar-refractivity contribution is -0.118. The van der Waals surface area contributed by atoms with Crippen molar-refractivity contribution in [1.82, 2.24) is 4.98 Å². The number of pyridine rings is 1. The average molecular weight is 498 g/mol. The van der Waals surface area contributed by atoms with Crippen molar-refractivity contribution in [3.05, 3.63) is 66.9 Å². The fraction of sp³-hybridized carbons (Fsp3) is 0.208. The molecule has 11 heteroatoms. The lowest BCUT2D eigenvalue weighted by Gasteiger charge is -2.20. The van der Waals surface area contributed by atoms with Crippen LogP contribution >= 0.6 is 0 Å². The summed E-state index contributed by atoms with van der Waals surface area (Å²) in [6.07, 6.45) is 1.65. The summed E-state index contributed by atoms with van der Waals surface area (Å²) in [4.78, 5) is 29.5. The van der Waals surface area contributed by atoms with Crippen molar-refractivity contribution in [3.63, 3.8) is 0 Å². The number of sulfonamides is 1. The average Bonchev–Trinajstić information content (AvgIpc) is 2.83. The number of nitrogens with one attached hydrogen (secondary N) is 2. The molecule has 0 aliphatic heterocycles. The molecule has 35 heavy (non-hydrogen) atoms. The van der Waals surface area contributed by atoms with E-state index in [0.29, 0.717) is 22.9 Å². The van der Waals surface area contributed by atoms with E-state index in [9.17, 15) is 18.0 Å². The second-order valence-corrected chi connectivity index (χ2v) is 9.77. The standard InChI is InChI=1S/C24H27N5O5S/c1-17(30)26-18-5-12-22(13-6-18)35(32,33)29(4)19-7-10-21(11-8-19)34-16-24(31)27-23-14-9-20(15-25-23)28(2)3/h5-15H,16H2,1-4H3,(H,26,30)(H,25,27,31). The summed E-state index contributed by atoms with van der Waals surface area (Å²) < 4.78 is 32.5. The van der Waals surface area contributed by atoms with Gasteiger partial charge in [-0.25, -0.2) is 13.4 Å². The van der Waals surface area contributed by atoms with E-state index in [1.54, 1.807) is 36.5 Å². The highest BCUT2D eigenvalue weighted by Gasteiger charge is 2.21. The number of aromatic nitrogens is 1. The van der Waals surface area contributed by atoms with E-state index < -0.39 is 10.0 Å². The lowest BCUT2D eigenvalue weighted by Crippen LogP contribution is -2.26. The van der Waals surface area contributed by atoms with Crippen LogP contribution in [0.4, 0.5) is 22.9 Å². The zero-order valence-corrected chi connectivity index (χ0v) is 20.7. The largest absolute Gasteiger partial charge is 0.484 e. The molecule has 184 valence electrons. The molecule has 0 radical (unpaired) electrons. The minimum atomic E-state index is -3.81. The molecule has 0 bridgehead atoms. The molecule has 2 N–H and O–H groups in total. The molecule has 3 aromatic rings. The number of amides is 2. The first kappa shape index (κ1) is 25.5. The SMILES string of the molecule is CC(=O)Nc1ccc(S(=O)(=O)N(C)c2ccc(OCC(=O)Nc3ccc(N(C)C)cn3)cc2)cc1. The first-order chi connectivity index (χ1) is 16.6. The zero-order chi connectivity index (χ0) is 25.6. The minimum absolute atomic E-state index is 0.0818. The third kappa shape index (κ3) is 6.70. The van der Waals surface area contributed by atoms with Gasteiger partial charge >= 0.3 is 0 Å². The summed E-state index contributed by atoms with van der Waals surface area (Å²) in [5.74, 6) is 0.205. The van der Waals surface area contributed by atoms with E-state index in [-0.39, 0.29) is 23.3 Å². The van der Waals surface area contributed by atoms with Gasteiger partial charge in [-0.05, 0) is 60.7 Å². The van der Waals surface area contributed by atoms with E-state index in [0.717, 1.165) is 9.99 Å². The molecule has 1 heterocycles. The van der Waals surface area contributed by atoms with Crippen molar-refractivity contribution in [2.45, 2.75) is 11.8 Å². The Labute approximate surface area is 204 Å². The number of benzene rings is 2.